The van der Waals surface area contributed by atoms with Gasteiger partial charge in [-0.3, -0.25) is 23.4 Å². The summed E-state index contributed by atoms with van der Waals surface area (Å²) in [6, 6.07) is -1.52. The molecule has 46 heavy (non-hydrogen) atoms. The van der Waals surface area contributed by atoms with E-state index in [4.69, 9.17) is 24.8 Å². The van der Waals surface area contributed by atoms with Crippen LogP contribution < -0.4 is 5.73 Å². The highest BCUT2D eigenvalue weighted by Crippen LogP contribution is 2.43. The first kappa shape index (κ1) is 44.2. The van der Waals surface area contributed by atoms with Crippen molar-refractivity contribution in [2.24, 2.45) is 5.73 Å². The van der Waals surface area contributed by atoms with Gasteiger partial charge in [0.15, 0.2) is 6.10 Å². The molecule has 1 unspecified atom stereocenters. The number of ether oxygens (including phenoxy) is 2. The minimum absolute atomic E-state index is 0.154. The zero-order valence-corrected chi connectivity index (χ0v) is 29.6. The third-order valence-corrected chi connectivity index (χ3v) is 8.46. The highest BCUT2D eigenvalue weighted by Gasteiger charge is 2.28. The minimum Gasteiger partial charge on any atom is -0.480 e. The standard InChI is InChI=1S/C34H64NO10P/c1-3-5-7-9-11-12-13-14-15-16-17-18-20-22-24-26-33(37)45-30(28-43-46(40,41)44-29-31(35)34(38)39)27-42-32(36)25-23-21-19-10-8-6-4-2/h14-15,30-31H,3-13,16-29,35H2,1-2H3,(H,38,39)(H,40,41)/b15-14+/t30-,31-/m0/s1. The summed E-state index contributed by atoms with van der Waals surface area (Å²) >= 11 is 0. The highest BCUT2D eigenvalue weighted by atomic mass is 31.2. The van der Waals surface area contributed by atoms with Gasteiger partial charge in [0.1, 0.15) is 12.6 Å². The molecule has 4 N–H and O–H groups in total. The third-order valence-electron chi connectivity index (χ3n) is 7.51. The summed E-state index contributed by atoms with van der Waals surface area (Å²) in [5.41, 5.74) is 5.29. The largest absolute Gasteiger partial charge is 0.480 e. The number of unbranched alkanes of at least 4 members (excludes halogenated alkanes) is 17. The number of phosphoric ester groups is 1. The van der Waals surface area contributed by atoms with Crippen LogP contribution in [0.1, 0.15) is 155 Å². The number of phosphoric acid groups is 1. The molecule has 270 valence electrons. The molecule has 0 aromatic rings. The molecule has 0 aliphatic carbocycles. The summed E-state index contributed by atoms with van der Waals surface area (Å²) in [5.74, 6) is -2.39. The van der Waals surface area contributed by atoms with Crippen LogP contribution in [0.4, 0.5) is 0 Å². The van der Waals surface area contributed by atoms with E-state index in [9.17, 15) is 23.8 Å². The van der Waals surface area contributed by atoms with Gasteiger partial charge in [0, 0.05) is 12.8 Å². The summed E-state index contributed by atoms with van der Waals surface area (Å²) in [5, 5.41) is 8.82. The van der Waals surface area contributed by atoms with Crippen molar-refractivity contribution in [2.75, 3.05) is 19.8 Å². The van der Waals surface area contributed by atoms with Crippen LogP contribution in [-0.2, 0) is 37.5 Å². The molecule has 0 aliphatic heterocycles. The lowest BCUT2D eigenvalue weighted by Gasteiger charge is -2.20. The van der Waals surface area contributed by atoms with E-state index < -0.39 is 51.1 Å². The van der Waals surface area contributed by atoms with E-state index in [1.165, 1.54) is 57.8 Å². The third kappa shape index (κ3) is 29.6. The van der Waals surface area contributed by atoms with Gasteiger partial charge in [0.2, 0.25) is 0 Å². The molecule has 0 radical (unpaired) electrons. The molecule has 0 aliphatic rings. The smallest absolute Gasteiger partial charge is 0.472 e. The second kappa shape index (κ2) is 30.5. The second-order valence-corrected chi connectivity index (χ2v) is 13.5. The molecule has 0 aromatic carbocycles. The number of carbonyl (C=O) groups excluding carboxylic acids is 2. The van der Waals surface area contributed by atoms with Crippen molar-refractivity contribution in [3.05, 3.63) is 12.2 Å². The van der Waals surface area contributed by atoms with Crippen LogP contribution in [0, 0.1) is 0 Å². The Bertz CT molecular complexity index is 854. The fourth-order valence-electron chi connectivity index (χ4n) is 4.65. The minimum atomic E-state index is -4.70. The van der Waals surface area contributed by atoms with E-state index in [0.717, 1.165) is 57.8 Å². The first-order chi connectivity index (χ1) is 22.1. The maximum Gasteiger partial charge on any atom is 0.472 e. The Labute approximate surface area is 278 Å². The van der Waals surface area contributed by atoms with Crippen LogP contribution in [0.25, 0.3) is 0 Å². The quantitative estimate of drug-likeness (QED) is 0.0265. The van der Waals surface area contributed by atoms with Crippen LogP contribution in [0.2, 0.25) is 0 Å². The number of hydrogen-bond acceptors (Lipinski definition) is 9. The SMILES string of the molecule is CCCCCCCC/C=C/CCCCCCCC(=O)O[C@@H](COC(=O)CCCCCCCCC)COP(=O)(O)OC[C@H](N)C(=O)O. The average Bonchev–Trinajstić information content (AvgIpc) is 3.02. The van der Waals surface area contributed by atoms with Crippen molar-refractivity contribution in [1.82, 2.24) is 0 Å². The van der Waals surface area contributed by atoms with E-state index in [1.807, 2.05) is 0 Å². The number of allylic oxidation sites excluding steroid dienone is 2. The van der Waals surface area contributed by atoms with Crippen molar-refractivity contribution in [2.45, 2.75) is 167 Å². The van der Waals surface area contributed by atoms with Gasteiger partial charge < -0.3 is 25.2 Å². The van der Waals surface area contributed by atoms with Gasteiger partial charge >= 0.3 is 25.7 Å². The number of aliphatic carboxylic acids is 1. The van der Waals surface area contributed by atoms with Crippen LogP contribution in [0.5, 0.6) is 0 Å². The highest BCUT2D eigenvalue weighted by molar-refractivity contribution is 7.47. The maximum absolute atomic E-state index is 12.5. The van der Waals surface area contributed by atoms with Gasteiger partial charge in [-0.1, -0.05) is 116 Å². The predicted octanol–water partition coefficient (Wildman–Crippen LogP) is 8.17. The van der Waals surface area contributed by atoms with Gasteiger partial charge in [0.05, 0.1) is 13.2 Å². The van der Waals surface area contributed by atoms with Gasteiger partial charge in [-0.05, 0) is 38.5 Å². The first-order valence-electron chi connectivity index (χ1n) is 17.7. The number of esters is 2. The van der Waals surface area contributed by atoms with E-state index >= 15 is 0 Å². The Balaban J connectivity index is 4.43. The van der Waals surface area contributed by atoms with Crippen LogP contribution in [0.15, 0.2) is 12.2 Å². The number of carboxylic acid groups (broad SMARTS) is 1. The molecular formula is C34H64NO10P. The molecule has 12 heteroatoms. The summed E-state index contributed by atoms with van der Waals surface area (Å²) in [6.45, 7) is 2.71. The lowest BCUT2D eigenvalue weighted by atomic mass is 10.1. The van der Waals surface area contributed by atoms with Crippen molar-refractivity contribution in [3.63, 3.8) is 0 Å². The molecule has 0 aromatic heterocycles. The number of nitrogens with two attached hydrogens (primary N) is 1. The molecular weight excluding hydrogens is 613 g/mol. The van der Waals surface area contributed by atoms with E-state index in [-0.39, 0.29) is 19.4 Å². The Kier molecular flexibility index (Phi) is 29.4. The molecule has 0 bridgehead atoms. The van der Waals surface area contributed by atoms with Crippen molar-refractivity contribution < 1.29 is 47.5 Å². The molecule has 0 amide bonds. The molecule has 3 atom stereocenters. The van der Waals surface area contributed by atoms with Crippen LogP contribution >= 0.6 is 7.82 Å². The molecule has 0 fully saturated rings. The summed E-state index contributed by atoms with van der Waals surface area (Å²) in [6.07, 6.45) is 25.9. The molecule has 0 spiro atoms. The van der Waals surface area contributed by atoms with Crippen molar-refractivity contribution in [1.29, 1.82) is 0 Å². The lowest BCUT2D eigenvalue weighted by molar-refractivity contribution is -0.161. The van der Waals surface area contributed by atoms with Crippen LogP contribution in [-0.4, -0.2) is 59.9 Å². The van der Waals surface area contributed by atoms with E-state index in [1.54, 1.807) is 0 Å². The topological polar surface area (TPSA) is 172 Å². The second-order valence-electron chi connectivity index (χ2n) is 12.0. The Morgan fingerprint density at radius 2 is 1.09 bits per heavy atom. The fraction of sp³-hybridized carbons (Fsp3) is 0.853. The van der Waals surface area contributed by atoms with Gasteiger partial charge in [-0.2, -0.15) is 0 Å². The van der Waals surface area contributed by atoms with Gasteiger partial charge in [-0.25, -0.2) is 4.57 Å². The van der Waals surface area contributed by atoms with Gasteiger partial charge in [0.25, 0.3) is 0 Å². The zero-order valence-electron chi connectivity index (χ0n) is 28.7. The number of carbonyl (C=O) groups is 3. The van der Waals surface area contributed by atoms with Crippen molar-refractivity contribution in [3.8, 4) is 0 Å². The first-order valence-corrected chi connectivity index (χ1v) is 19.2. The normalized spacial score (nSPS) is 14.2. The summed E-state index contributed by atoms with van der Waals surface area (Å²) in [4.78, 5) is 45.4. The predicted molar refractivity (Wildman–Crippen MR) is 180 cm³/mol. The Morgan fingerprint density at radius 1 is 0.652 bits per heavy atom. The Morgan fingerprint density at radius 3 is 1.59 bits per heavy atom. The van der Waals surface area contributed by atoms with Gasteiger partial charge in [-0.15, -0.1) is 0 Å². The zero-order chi connectivity index (χ0) is 34.3. The van der Waals surface area contributed by atoms with Crippen molar-refractivity contribution >= 4 is 25.7 Å². The number of hydrogen-bond donors (Lipinski definition) is 3. The monoisotopic (exact) mass is 677 g/mol. The fourth-order valence-corrected chi connectivity index (χ4v) is 5.42. The van der Waals surface area contributed by atoms with E-state index in [2.05, 4.69) is 30.5 Å². The maximum atomic E-state index is 12.5. The molecule has 11 nitrogen and oxygen atoms in total. The van der Waals surface area contributed by atoms with Crippen LogP contribution in [0.3, 0.4) is 0 Å². The number of carboxylic acids is 1. The van der Waals surface area contributed by atoms with E-state index in [0.29, 0.717) is 12.8 Å². The summed E-state index contributed by atoms with van der Waals surface area (Å²) in [7, 11) is -4.70. The average molecular weight is 678 g/mol. The molecule has 0 saturated carbocycles. The summed E-state index contributed by atoms with van der Waals surface area (Å²) < 4.78 is 32.4. The number of rotatable bonds is 33. The Hall–Kier alpha value is -1.78. The lowest BCUT2D eigenvalue weighted by Crippen LogP contribution is -2.34. The molecule has 0 saturated heterocycles. The molecule has 0 heterocycles. The molecule has 0 rings (SSSR count).